The molecule has 1 unspecified atom stereocenters. The number of aromatic nitrogens is 4. The largest absolute Gasteiger partial charge is 0.357 e. The van der Waals surface area contributed by atoms with Gasteiger partial charge in [0.05, 0.1) is 6.54 Å². The Morgan fingerprint density at radius 3 is 2.78 bits per heavy atom. The van der Waals surface area contributed by atoms with E-state index in [1.165, 1.54) is 11.0 Å². The maximum atomic E-state index is 12.6. The Morgan fingerprint density at radius 1 is 1.30 bits per heavy atom. The third-order valence-corrected chi connectivity index (χ3v) is 4.06. The van der Waals surface area contributed by atoms with Crippen molar-refractivity contribution in [3.63, 3.8) is 0 Å². The van der Waals surface area contributed by atoms with Crippen LogP contribution in [0.15, 0.2) is 30.6 Å². The molecule has 8 heteroatoms. The predicted molar refractivity (Wildman–Crippen MR) is 81.0 cm³/mol. The van der Waals surface area contributed by atoms with E-state index in [4.69, 9.17) is 0 Å². The molecule has 1 N–H and O–H groups in total. The topological polar surface area (TPSA) is 93.0 Å². The summed E-state index contributed by atoms with van der Waals surface area (Å²) in [6.07, 6.45) is 2.25. The number of aryl methyl sites for hydroxylation is 1. The van der Waals surface area contributed by atoms with Crippen LogP contribution in [0.25, 0.3) is 0 Å². The van der Waals surface area contributed by atoms with Crippen molar-refractivity contribution in [3.05, 3.63) is 41.7 Å². The first-order valence-corrected chi connectivity index (χ1v) is 7.47. The summed E-state index contributed by atoms with van der Waals surface area (Å²) in [6, 6.07) is 7.43. The molecular weight excluding hydrogens is 296 g/mol. The van der Waals surface area contributed by atoms with Crippen LogP contribution in [-0.4, -0.2) is 50.0 Å². The summed E-state index contributed by atoms with van der Waals surface area (Å²) >= 11 is 0. The van der Waals surface area contributed by atoms with Gasteiger partial charge in [0.25, 0.3) is 0 Å². The number of tetrazole rings is 1. The van der Waals surface area contributed by atoms with Crippen LogP contribution in [0.5, 0.6) is 0 Å². The van der Waals surface area contributed by atoms with Gasteiger partial charge in [-0.05, 0) is 21.6 Å². The quantitative estimate of drug-likeness (QED) is 0.841. The van der Waals surface area contributed by atoms with Crippen molar-refractivity contribution in [3.8, 4) is 0 Å². The normalized spacial score (nSPS) is 16.7. The van der Waals surface area contributed by atoms with E-state index >= 15 is 0 Å². The number of likely N-dealkylation sites (N-methyl/N-ethyl adjacent to an activating group) is 1. The maximum absolute atomic E-state index is 12.6. The van der Waals surface area contributed by atoms with Crippen LogP contribution in [-0.2, 0) is 29.1 Å². The third kappa shape index (κ3) is 3.20. The summed E-state index contributed by atoms with van der Waals surface area (Å²) in [4.78, 5) is 26.4. The number of amides is 2. The van der Waals surface area contributed by atoms with Crippen molar-refractivity contribution in [1.82, 2.24) is 30.4 Å². The molecule has 1 aromatic heterocycles. The molecule has 0 fully saturated rings. The fraction of sp³-hybridized carbons (Fsp3) is 0.400. The maximum Gasteiger partial charge on any atom is 0.242 e. The molecule has 0 saturated carbocycles. The molecule has 120 valence electrons. The number of nitrogens with one attached hydrogen (secondary N) is 1. The van der Waals surface area contributed by atoms with Crippen molar-refractivity contribution in [1.29, 1.82) is 0 Å². The Bertz CT molecular complexity index is 700. The van der Waals surface area contributed by atoms with E-state index in [9.17, 15) is 9.59 Å². The van der Waals surface area contributed by atoms with E-state index < -0.39 is 6.04 Å². The Kier molecular flexibility index (Phi) is 4.31. The van der Waals surface area contributed by atoms with E-state index in [-0.39, 0.29) is 18.2 Å². The minimum absolute atomic E-state index is 0.0800. The van der Waals surface area contributed by atoms with Crippen LogP contribution in [0.2, 0.25) is 0 Å². The van der Waals surface area contributed by atoms with Gasteiger partial charge in [0.2, 0.25) is 11.8 Å². The molecule has 1 atom stereocenters. The molecule has 2 aromatic rings. The minimum atomic E-state index is -0.476. The second kappa shape index (κ2) is 6.55. The molecule has 23 heavy (non-hydrogen) atoms. The van der Waals surface area contributed by atoms with Gasteiger partial charge in [-0.1, -0.05) is 24.3 Å². The molecule has 1 aliphatic heterocycles. The van der Waals surface area contributed by atoms with Gasteiger partial charge in [0.1, 0.15) is 12.4 Å². The van der Waals surface area contributed by atoms with Gasteiger partial charge >= 0.3 is 0 Å². The van der Waals surface area contributed by atoms with Crippen molar-refractivity contribution in [2.45, 2.75) is 32.0 Å². The molecule has 8 nitrogen and oxygen atoms in total. The van der Waals surface area contributed by atoms with Gasteiger partial charge in [-0.15, -0.1) is 5.10 Å². The van der Waals surface area contributed by atoms with E-state index in [0.29, 0.717) is 19.5 Å². The fourth-order valence-corrected chi connectivity index (χ4v) is 2.82. The number of carbonyl (C=O) groups is 2. The van der Waals surface area contributed by atoms with Crippen LogP contribution in [0.1, 0.15) is 17.5 Å². The van der Waals surface area contributed by atoms with Crippen LogP contribution < -0.4 is 5.32 Å². The van der Waals surface area contributed by atoms with Gasteiger partial charge in [-0.2, -0.15) is 0 Å². The second-order valence-electron chi connectivity index (χ2n) is 5.45. The standard InChI is InChI=1S/C15H18N6O2/c1-16-15(23)13-8-11-4-2-3-5-12(11)9-21(13)14(22)6-7-20-10-17-18-19-20/h2-5,10,13H,6-9H2,1H3,(H,16,23). The highest BCUT2D eigenvalue weighted by atomic mass is 16.2. The zero-order chi connectivity index (χ0) is 16.2. The number of nitrogens with zero attached hydrogens (tertiary/aromatic N) is 5. The highest BCUT2D eigenvalue weighted by Crippen LogP contribution is 2.24. The summed E-state index contributed by atoms with van der Waals surface area (Å²) in [5.74, 6) is -0.223. The minimum Gasteiger partial charge on any atom is -0.357 e. The van der Waals surface area contributed by atoms with E-state index in [1.807, 2.05) is 24.3 Å². The van der Waals surface area contributed by atoms with Crippen LogP contribution in [0.4, 0.5) is 0 Å². The van der Waals surface area contributed by atoms with E-state index in [2.05, 4.69) is 20.8 Å². The first-order valence-electron chi connectivity index (χ1n) is 7.47. The molecular formula is C15H18N6O2. The Morgan fingerprint density at radius 2 is 2.09 bits per heavy atom. The summed E-state index contributed by atoms with van der Waals surface area (Å²) in [5, 5.41) is 13.5. The SMILES string of the molecule is CNC(=O)C1Cc2ccccc2CN1C(=O)CCn1cnnn1. The van der Waals surface area contributed by atoms with Crippen LogP contribution in [0.3, 0.4) is 0 Å². The molecule has 0 radical (unpaired) electrons. The Balaban J connectivity index is 1.77. The predicted octanol–water partition coefficient (Wildman–Crippen LogP) is -0.237. The number of hydrogen-bond acceptors (Lipinski definition) is 5. The Hall–Kier alpha value is -2.77. The van der Waals surface area contributed by atoms with Gasteiger partial charge in [-0.3, -0.25) is 9.59 Å². The monoisotopic (exact) mass is 314 g/mol. The fourth-order valence-electron chi connectivity index (χ4n) is 2.82. The highest BCUT2D eigenvalue weighted by Gasteiger charge is 2.33. The summed E-state index contributed by atoms with van der Waals surface area (Å²) in [6.45, 7) is 0.840. The average molecular weight is 314 g/mol. The van der Waals surface area contributed by atoms with E-state index in [1.54, 1.807) is 11.9 Å². The zero-order valence-corrected chi connectivity index (χ0v) is 12.8. The van der Waals surface area contributed by atoms with Crippen molar-refractivity contribution in [2.75, 3.05) is 7.05 Å². The molecule has 1 aromatic carbocycles. The number of rotatable bonds is 4. The summed E-state index contributed by atoms with van der Waals surface area (Å²) in [7, 11) is 1.59. The number of carbonyl (C=O) groups excluding carboxylic acids is 2. The second-order valence-corrected chi connectivity index (χ2v) is 5.45. The van der Waals surface area contributed by atoms with Crippen molar-refractivity contribution >= 4 is 11.8 Å². The Labute approximate surface area is 133 Å². The van der Waals surface area contributed by atoms with Crippen LogP contribution in [0, 0.1) is 0 Å². The van der Waals surface area contributed by atoms with Crippen molar-refractivity contribution < 1.29 is 9.59 Å². The number of hydrogen-bond donors (Lipinski definition) is 1. The average Bonchev–Trinajstić information content (AvgIpc) is 3.11. The number of fused-ring (bicyclic) bond motifs is 1. The van der Waals surface area contributed by atoms with Gasteiger partial charge < -0.3 is 10.2 Å². The first-order chi connectivity index (χ1) is 11.2. The van der Waals surface area contributed by atoms with Gasteiger partial charge in [0.15, 0.2) is 0 Å². The lowest BCUT2D eigenvalue weighted by atomic mass is 9.93. The van der Waals surface area contributed by atoms with E-state index in [0.717, 1.165) is 11.1 Å². The molecule has 1 aliphatic rings. The van der Waals surface area contributed by atoms with Gasteiger partial charge in [-0.25, -0.2) is 4.68 Å². The number of benzene rings is 1. The molecule has 0 bridgehead atoms. The molecule has 2 amide bonds. The zero-order valence-electron chi connectivity index (χ0n) is 12.8. The smallest absolute Gasteiger partial charge is 0.242 e. The third-order valence-electron chi connectivity index (χ3n) is 4.06. The van der Waals surface area contributed by atoms with Gasteiger partial charge in [0, 0.05) is 26.4 Å². The lowest BCUT2D eigenvalue weighted by Crippen LogP contribution is -2.52. The molecule has 0 spiro atoms. The molecule has 3 rings (SSSR count). The molecule has 0 saturated heterocycles. The summed E-state index contributed by atoms with van der Waals surface area (Å²) in [5.41, 5.74) is 2.20. The van der Waals surface area contributed by atoms with Crippen LogP contribution >= 0.6 is 0 Å². The summed E-state index contributed by atoms with van der Waals surface area (Å²) < 4.78 is 1.50. The van der Waals surface area contributed by atoms with Crippen molar-refractivity contribution in [2.24, 2.45) is 0 Å². The highest BCUT2D eigenvalue weighted by molar-refractivity contribution is 5.88. The first kappa shape index (κ1) is 15.1. The lowest BCUT2D eigenvalue weighted by Gasteiger charge is -2.35. The molecule has 0 aliphatic carbocycles. The lowest BCUT2D eigenvalue weighted by molar-refractivity contribution is -0.141. The molecule has 2 heterocycles.